The SMILES string of the molecule is C=C/C(=C\C=C/C)CN=C(C)N=C(N=C)C(C=CC)/C=C\NC. The van der Waals surface area contributed by atoms with Crippen LogP contribution in [0.4, 0.5) is 0 Å². The summed E-state index contributed by atoms with van der Waals surface area (Å²) in [6.45, 7) is 13.7. The Morgan fingerprint density at radius 3 is 2.48 bits per heavy atom. The molecular formula is C19H28N4. The summed E-state index contributed by atoms with van der Waals surface area (Å²) in [6.07, 6.45) is 15.5. The first-order valence-corrected chi connectivity index (χ1v) is 7.60. The summed E-state index contributed by atoms with van der Waals surface area (Å²) in [5.74, 6) is 1.24. The van der Waals surface area contributed by atoms with Gasteiger partial charge in [-0.1, -0.05) is 49.1 Å². The van der Waals surface area contributed by atoms with Crippen molar-refractivity contribution >= 4 is 18.4 Å². The predicted molar refractivity (Wildman–Crippen MR) is 105 cm³/mol. The third kappa shape index (κ3) is 9.19. The van der Waals surface area contributed by atoms with Crippen molar-refractivity contribution in [1.29, 1.82) is 0 Å². The third-order valence-electron chi connectivity index (χ3n) is 2.86. The normalized spacial score (nSPS) is 15.6. The molecule has 0 aromatic carbocycles. The lowest BCUT2D eigenvalue weighted by Gasteiger charge is -2.07. The van der Waals surface area contributed by atoms with Crippen molar-refractivity contribution in [3.8, 4) is 0 Å². The molecule has 1 N–H and O–H groups in total. The van der Waals surface area contributed by atoms with Gasteiger partial charge in [-0.15, -0.1) is 0 Å². The summed E-state index contributed by atoms with van der Waals surface area (Å²) in [7, 11) is 1.85. The molecule has 0 rings (SSSR count). The van der Waals surface area contributed by atoms with Crippen LogP contribution in [0, 0.1) is 5.92 Å². The Labute approximate surface area is 140 Å². The Bertz CT molecular complexity index is 546. The van der Waals surface area contributed by atoms with Crippen LogP contribution in [-0.4, -0.2) is 32.0 Å². The standard InChI is InChI=1S/C19H28N4/c1-7-10-12-17(9-3)15-22-16(4)23-19(21-6)18(11-8-2)13-14-20-5/h7-14,18,20H,3,6,15H2,1-2,4-5H3/b10-7-,11-8?,14-13-,17-12+,22-16?,23-19?. The number of allylic oxidation sites excluding steroid dienone is 4. The topological polar surface area (TPSA) is 49.1 Å². The number of nitrogens with one attached hydrogen (secondary N) is 1. The van der Waals surface area contributed by atoms with E-state index in [1.807, 2.05) is 70.5 Å². The molecule has 4 nitrogen and oxygen atoms in total. The van der Waals surface area contributed by atoms with Gasteiger partial charge in [-0.05, 0) is 39.3 Å². The molecule has 124 valence electrons. The fourth-order valence-corrected chi connectivity index (χ4v) is 1.67. The number of hydrogen-bond donors (Lipinski definition) is 1. The van der Waals surface area contributed by atoms with Gasteiger partial charge < -0.3 is 5.32 Å². The fraction of sp³-hybridized carbons (Fsp3) is 0.316. The predicted octanol–water partition coefficient (Wildman–Crippen LogP) is 4.12. The third-order valence-corrected chi connectivity index (χ3v) is 2.86. The molecule has 0 aromatic rings. The first-order chi connectivity index (χ1) is 11.1. The van der Waals surface area contributed by atoms with Gasteiger partial charge in [0.15, 0.2) is 0 Å². The molecule has 0 saturated carbocycles. The van der Waals surface area contributed by atoms with Crippen LogP contribution in [0.5, 0.6) is 0 Å². The van der Waals surface area contributed by atoms with E-state index in [1.165, 1.54) is 0 Å². The Kier molecular flexibility index (Phi) is 11.8. The van der Waals surface area contributed by atoms with E-state index in [4.69, 9.17) is 0 Å². The second-order valence-corrected chi connectivity index (χ2v) is 4.66. The molecule has 0 aliphatic rings. The highest BCUT2D eigenvalue weighted by Gasteiger charge is 2.08. The molecule has 0 saturated heterocycles. The molecule has 0 spiro atoms. The molecule has 4 heteroatoms. The van der Waals surface area contributed by atoms with Crippen molar-refractivity contribution in [1.82, 2.24) is 5.32 Å². The quantitative estimate of drug-likeness (QED) is 0.312. The minimum Gasteiger partial charge on any atom is -0.394 e. The lowest BCUT2D eigenvalue weighted by Crippen LogP contribution is -2.10. The van der Waals surface area contributed by atoms with Crippen LogP contribution in [0.3, 0.4) is 0 Å². The highest BCUT2D eigenvalue weighted by molar-refractivity contribution is 6.00. The van der Waals surface area contributed by atoms with Gasteiger partial charge in [0, 0.05) is 7.05 Å². The highest BCUT2D eigenvalue weighted by atomic mass is 15.0. The van der Waals surface area contributed by atoms with Crippen molar-refractivity contribution in [3.05, 3.63) is 60.9 Å². The molecule has 0 aromatic heterocycles. The maximum atomic E-state index is 4.48. The molecule has 0 bridgehead atoms. The smallest absolute Gasteiger partial charge is 0.140 e. The monoisotopic (exact) mass is 312 g/mol. The van der Waals surface area contributed by atoms with Gasteiger partial charge in [0.2, 0.25) is 0 Å². The van der Waals surface area contributed by atoms with Crippen LogP contribution in [0.15, 0.2) is 75.9 Å². The van der Waals surface area contributed by atoms with Crippen molar-refractivity contribution < 1.29 is 0 Å². The van der Waals surface area contributed by atoms with E-state index in [0.29, 0.717) is 18.2 Å². The molecule has 1 unspecified atom stereocenters. The molecule has 0 heterocycles. The number of rotatable bonds is 8. The summed E-state index contributed by atoms with van der Waals surface area (Å²) in [4.78, 5) is 13.0. The lowest BCUT2D eigenvalue weighted by molar-refractivity contribution is 1.03. The zero-order chi connectivity index (χ0) is 17.5. The van der Waals surface area contributed by atoms with Crippen molar-refractivity contribution in [2.45, 2.75) is 20.8 Å². The summed E-state index contributed by atoms with van der Waals surface area (Å²) in [5, 5.41) is 2.97. The van der Waals surface area contributed by atoms with Gasteiger partial charge in [0.1, 0.15) is 11.7 Å². The molecule has 0 aliphatic heterocycles. The Morgan fingerprint density at radius 1 is 1.22 bits per heavy atom. The number of amidine groups is 2. The van der Waals surface area contributed by atoms with Crippen molar-refractivity contribution in [3.63, 3.8) is 0 Å². The lowest BCUT2D eigenvalue weighted by atomic mass is 10.1. The Hall–Kier alpha value is -2.49. The molecule has 0 radical (unpaired) electrons. The molecule has 1 atom stereocenters. The van der Waals surface area contributed by atoms with E-state index in [9.17, 15) is 0 Å². The minimum absolute atomic E-state index is 0.0347. The van der Waals surface area contributed by atoms with E-state index in [1.54, 1.807) is 6.08 Å². The van der Waals surface area contributed by atoms with Crippen LogP contribution in [0.2, 0.25) is 0 Å². The minimum atomic E-state index is -0.0347. The average molecular weight is 312 g/mol. The van der Waals surface area contributed by atoms with Crippen LogP contribution in [0.1, 0.15) is 20.8 Å². The zero-order valence-corrected chi connectivity index (χ0v) is 14.7. The summed E-state index contributed by atoms with van der Waals surface area (Å²) in [5.41, 5.74) is 1.03. The summed E-state index contributed by atoms with van der Waals surface area (Å²) in [6, 6.07) is 0. The highest BCUT2D eigenvalue weighted by Crippen LogP contribution is 2.07. The van der Waals surface area contributed by atoms with Crippen LogP contribution < -0.4 is 5.32 Å². The zero-order valence-electron chi connectivity index (χ0n) is 14.7. The van der Waals surface area contributed by atoms with E-state index in [2.05, 4.69) is 33.6 Å². The summed E-state index contributed by atoms with van der Waals surface area (Å²) >= 11 is 0. The molecule has 23 heavy (non-hydrogen) atoms. The molecule has 0 amide bonds. The van der Waals surface area contributed by atoms with Crippen LogP contribution in [0.25, 0.3) is 0 Å². The fourth-order valence-electron chi connectivity index (χ4n) is 1.67. The first-order valence-electron chi connectivity index (χ1n) is 7.60. The second-order valence-electron chi connectivity index (χ2n) is 4.66. The maximum absolute atomic E-state index is 4.48. The van der Waals surface area contributed by atoms with Crippen LogP contribution in [-0.2, 0) is 0 Å². The number of aliphatic imine (C=N–C) groups is 3. The van der Waals surface area contributed by atoms with Crippen molar-refractivity contribution in [2.75, 3.05) is 13.6 Å². The largest absolute Gasteiger partial charge is 0.394 e. The summed E-state index contributed by atoms with van der Waals surface area (Å²) < 4.78 is 0. The van der Waals surface area contributed by atoms with Gasteiger partial charge in [-0.3, -0.25) is 4.99 Å². The van der Waals surface area contributed by atoms with Gasteiger partial charge >= 0.3 is 0 Å². The molecular weight excluding hydrogens is 284 g/mol. The average Bonchev–Trinajstić information content (AvgIpc) is 2.56. The van der Waals surface area contributed by atoms with Gasteiger partial charge in [0.05, 0.1) is 12.5 Å². The van der Waals surface area contributed by atoms with E-state index >= 15 is 0 Å². The molecule has 0 fully saturated rings. The van der Waals surface area contributed by atoms with Gasteiger partial charge in [-0.25, -0.2) is 9.98 Å². The van der Waals surface area contributed by atoms with E-state index in [0.717, 1.165) is 5.57 Å². The van der Waals surface area contributed by atoms with Gasteiger partial charge in [-0.2, -0.15) is 0 Å². The van der Waals surface area contributed by atoms with E-state index in [-0.39, 0.29) is 5.92 Å². The Balaban J connectivity index is 5.27. The number of hydrogen-bond acceptors (Lipinski definition) is 2. The number of nitrogens with zero attached hydrogens (tertiary/aromatic N) is 3. The Morgan fingerprint density at radius 2 is 1.96 bits per heavy atom. The maximum Gasteiger partial charge on any atom is 0.140 e. The van der Waals surface area contributed by atoms with Gasteiger partial charge in [0.25, 0.3) is 0 Å². The second kappa shape index (κ2) is 13.2. The first kappa shape index (κ1) is 20.5. The molecule has 0 aliphatic carbocycles. The van der Waals surface area contributed by atoms with Crippen LogP contribution >= 0.6 is 0 Å². The van der Waals surface area contributed by atoms with E-state index < -0.39 is 0 Å². The van der Waals surface area contributed by atoms with Crippen molar-refractivity contribution in [2.24, 2.45) is 20.9 Å².